The number of nitrogens with one attached hydrogen (secondary N) is 1. The Morgan fingerprint density at radius 2 is 2.33 bits per heavy atom. The predicted octanol–water partition coefficient (Wildman–Crippen LogP) is 2.83. The number of aromatic nitrogens is 1. The monoisotopic (exact) mass is 270 g/mol. The molecule has 0 aliphatic heterocycles. The van der Waals surface area contributed by atoms with E-state index in [2.05, 4.69) is 17.2 Å². The molecule has 4 nitrogen and oxygen atoms in total. The molecule has 5 heteroatoms. The maximum absolute atomic E-state index is 11.7. The first-order valence-corrected chi connectivity index (χ1v) is 7.16. The highest BCUT2D eigenvalue weighted by atomic mass is 32.1. The smallest absolute Gasteiger partial charge is 0.322 e. The summed E-state index contributed by atoms with van der Waals surface area (Å²) in [4.78, 5) is 17.2. The zero-order valence-corrected chi connectivity index (χ0v) is 12.3. The summed E-state index contributed by atoms with van der Waals surface area (Å²) >= 11 is 1.66. The van der Waals surface area contributed by atoms with E-state index in [0.717, 1.165) is 24.3 Å². The number of thiazole rings is 1. The quantitative estimate of drug-likeness (QED) is 0.774. The first-order chi connectivity index (χ1) is 8.58. The topological polar surface area (TPSA) is 51.2 Å². The van der Waals surface area contributed by atoms with Crippen molar-refractivity contribution in [1.82, 2.24) is 10.3 Å². The SMILES string of the molecule is CCCCC(NC(C)c1ncc(C)s1)C(=O)OC. The average molecular weight is 270 g/mol. The minimum absolute atomic E-state index is 0.0738. The lowest BCUT2D eigenvalue weighted by Crippen LogP contribution is -2.39. The van der Waals surface area contributed by atoms with E-state index in [1.165, 1.54) is 12.0 Å². The fourth-order valence-corrected chi connectivity index (χ4v) is 2.55. The fourth-order valence-electron chi connectivity index (χ4n) is 1.77. The van der Waals surface area contributed by atoms with E-state index in [9.17, 15) is 4.79 Å². The maximum Gasteiger partial charge on any atom is 0.322 e. The molecule has 0 radical (unpaired) electrons. The lowest BCUT2D eigenvalue weighted by molar-refractivity contribution is -0.143. The molecule has 1 rings (SSSR count). The molecule has 2 atom stereocenters. The molecular formula is C13H22N2O2S. The van der Waals surface area contributed by atoms with Gasteiger partial charge in [0.2, 0.25) is 0 Å². The highest BCUT2D eigenvalue weighted by molar-refractivity contribution is 7.11. The number of hydrogen-bond acceptors (Lipinski definition) is 5. The standard InChI is InChI=1S/C13H22N2O2S/c1-5-6-7-11(13(16)17-4)15-10(3)12-14-8-9(2)18-12/h8,10-11,15H,5-7H2,1-4H3. The summed E-state index contributed by atoms with van der Waals surface area (Å²) in [6, 6.07) is -0.168. The van der Waals surface area contributed by atoms with Gasteiger partial charge >= 0.3 is 5.97 Å². The van der Waals surface area contributed by atoms with Crippen LogP contribution in [-0.4, -0.2) is 24.1 Å². The number of esters is 1. The third kappa shape index (κ3) is 4.38. The Balaban J connectivity index is 2.61. The molecule has 18 heavy (non-hydrogen) atoms. The number of unbranched alkanes of at least 4 members (excludes halogenated alkanes) is 1. The minimum Gasteiger partial charge on any atom is -0.468 e. The zero-order chi connectivity index (χ0) is 13.5. The van der Waals surface area contributed by atoms with Crippen molar-refractivity contribution >= 4 is 17.3 Å². The summed E-state index contributed by atoms with van der Waals surface area (Å²) in [6.07, 6.45) is 4.74. The van der Waals surface area contributed by atoms with Gasteiger partial charge in [0, 0.05) is 11.1 Å². The molecule has 0 amide bonds. The zero-order valence-electron chi connectivity index (χ0n) is 11.5. The van der Waals surface area contributed by atoms with Crippen LogP contribution in [0, 0.1) is 6.92 Å². The molecule has 2 unspecified atom stereocenters. The Bertz CT molecular complexity index is 379. The van der Waals surface area contributed by atoms with Crippen LogP contribution in [-0.2, 0) is 9.53 Å². The molecule has 0 aromatic carbocycles. The molecule has 1 aromatic rings. The maximum atomic E-state index is 11.7. The molecule has 0 fully saturated rings. The lowest BCUT2D eigenvalue weighted by Gasteiger charge is -2.20. The summed E-state index contributed by atoms with van der Waals surface area (Å²) in [5.41, 5.74) is 0. The Morgan fingerprint density at radius 1 is 1.61 bits per heavy atom. The van der Waals surface area contributed by atoms with Crippen LogP contribution in [0.3, 0.4) is 0 Å². The molecule has 0 aliphatic rings. The highest BCUT2D eigenvalue weighted by Gasteiger charge is 2.22. The van der Waals surface area contributed by atoms with Crippen LogP contribution in [0.4, 0.5) is 0 Å². The van der Waals surface area contributed by atoms with E-state index in [1.807, 2.05) is 20.0 Å². The van der Waals surface area contributed by atoms with Crippen LogP contribution in [0.2, 0.25) is 0 Å². The lowest BCUT2D eigenvalue weighted by atomic mass is 10.1. The van der Waals surface area contributed by atoms with E-state index in [-0.39, 0.29) is 18.1 Å². The number of nitrogens with zero attached hydrogens (tertiary/aromatic N) is 1. The van der Waals surface area contributed by atoms with Gasteiger partial charge in [-0.2, -0.15) is 0 Å². The molecule has 0 bridgehead atoms. The Kier molecular flexibility index (Phi) is 6.29. The molecule has 0 aliphatic carbocycles. The molecule has 0 saturated carbocycles. The summed E-state index contributed by atoms with van der Waals surface area (Å²) in [5, 5.41) is 4.32. The van der Waals surface area contributed by atoms with Crippen LogP contribution < -0.4 is 5.32 Å². The fraction of sp³-hybridized carbons (Fsp3) is 0.692. The van der Waals surface area contributed by atoms with Crippen LogP contribution in [0.15, 0.2) is 6.20 Å². The minimum atomic E-state index is -0.242. The van der Waals surface area contributed by atoms with Crippen molar-refractivity contribution in [3.63, 3.8) is 0 Å². The van der Waals surface area contributed by atoms with Gasteiger partial charge in [0.25, 0.3) is 0 Å². The van der Waals surface area contributed by atoms with Crippen LogP contribution in [0.25, 0.3) is 0 Å². The molecule has 102 valence electrons. The normalized spacial score (nSPS) is 14.2. The summed E-state index contributed by atoms with van der Waals surface area (Å²) in [7, 11) is 1.43. The Hall–Kier alpha value is -0.940. The number of ether oxygens (including phenoxy) is 1. The van der Waals surface area contributed by atoms with Gasteiger partial charge < -0.3 is 4.74 Å². The van der Waals surface area contributed by atoms with Crippen LogP contribution >= 0.6 is 11.3 Å². The van der Waals surface area contributed by atoms with Crippen molar-refractivity contribution < 1.29 is 9.53 Å². The second-order valence-electron chi connectivity index (χ2n) is 4.42. The van der Waals surface area contributed by atoms with E-state index in [4.69, 9.17) is 4.74 Å². The molecular weight excluding hydrogens is 248 g/mol. The van der Waals surface area contributed by atoms with Gasteiger partial charge in [0.15, 0.2) is 0 Å². The molecule has 1 N–H and O–H groups in total. The van der Waals surface area contributed by atoms with Crippen molar-refractivity contribution in [2.24, 2.45) is 0 Å². The highest BCUT2D eigenvalue weighted by Crippen LogP contribution is 2.20. The number of hydrogen-bond donors (Lipinski definition) is 1. The molecule has 1 aromatic heterocycles. The van der Waals surface area contributed by atoms with Crippen LogP contribution in [0.1, 0.15) is 49.0 Å². The largest absolute Gasteiger partial charge is 0.468 e. The first-order valence-electron chi connectivity index (χ1n) is 6.34. The van der Waals surface area contributed by atoms with E-state index >= 15 is 0 Å². The van der Waals surface area contributed by atoms with Crippen molar-refractivity contribution in [3.8, 4) is 0 Å². The van der Waals surface area contributed by atoms with E-state index < -0.39 is 0 Å². The number of rotatable bonds is 7. The number of carbonyl (C=O) groups excluding carboxylic acids is 1. The van der Waals surface area contributed by atoms with Crippen molar-refractivity contribution in [3.05, 3.63) is 16.1 Å². The number of carbonyl (C=O) groups is 1. The molecule has 0 spiro atoms. The molecule has 0 saturated heterocycles. The van der Waals surface area contributed by atoms with Gasteiger partial charge in [0.1, 0.15) is 11.0 Å². The molecule has 1 heterocycles. The summed E-state index contributed by atoms with van der Waals surface area (Å²) in [5.74, 6) is -0.191. The van der Waals surface area contributed by atoms with Gasteiger partial charge in [-0.1, -0.05) is 19.8 Å². The summed E-state index contributed by atoms with van der Waals surface area (Å²) < 4.78 is 4.83. The van der Waals surface area contributed by atoms with Crippen molar-refractivity contribution in [2.75, 3.05) is 7.11 Å². The van der Waals surface area contributed by atoms with Crippen LogP contribution in [0.5, 0.6) is 0 Å². The number of methoxy groups -OCH3 is 1. The summed E-state index contributed by atoms with van der Waals surface area (Å²) in [6.45, 7) is 6.17. The third-order valence-electron chi connectivity index (χ3n) is 2.79. The van der Waals surface area contributed by atoms with Crippen molar-refractivity contribution in [2.45, 2.75) is 52.1 Å². The van der Waals surface area contributed by atoms with Gasteiger partial charge in [-0.15, -0.1) is 11.3 Å². The van der Waals surface area contributed by atoms with Gasteiger partial charge in [-0.3, -0.25) is 10.1 Å². The number of aryl methyl sites for hydroxylation is 1. The predicted molar refractivity (Wildman–Crippen MR) is 73.7 cm³/mol. The van der Waals surface area contributed by atoms with Crippen molar-refractivity contribution in [1.29, 1.82) is 0 Å². The Morgan fingerprint density at radius 3 is 2.83 bits per heavy atom. The third-order valence-corrected chi connectivity index (χ3v) is 3.89. The second kappa shape index (κ2) is 7.48. The van der Waals surface area contributed by atoms with E-state index in [0.29, 0.717) is 0 Å². The van der Waals surface area contributed by atoms with E-state index in [1.54, 1.807) is 11.3 Å². The van der Waals surface area contributed by atoms with Gasteiger partial charge in [-0.05, 0) is 20.3 Å². The average Bonchev–Trinajstić information content (AvgIpc) is 2.80. The first kappa shape index (κ1) is 15.1. The Labute approximate surface area is 113 Å². The van der Waals surface area contributed by atoms with Gasteiger partial charge in [0.05, 0.1) is 13.2 Å². The van der Waals surface area contributed by atoms with Gasteiger partial charge in [-0.25, -0.2) is 4.98 Å². The second-order valence-corrected chi connectivity index (χ2v) is 5.68.